The second kappa shape index (κ2) is 11.0. The van der Waals surface area contributed by atoms with Gasteiger partial charge in [-0.05, 0) is 49.1 Å². The average molecular weight is 465 g/mol. The summed E-state index contributed by atoms with van der Waals surface area (Å²) in [6.45, 7) is 1.87. The molecule has 1 aliphatic rings. The highest BCUT2D eigenvalue weighted by atomic mass is 35.5. The van der Waals surface area contributed by atoms with E-state index in [0.717, 1.165) is 31.2 Å². The molecule has 0 radical (unpaired) electrons. The Kier molecular flexibility index (Phi) is 8.33. The Labute approximate surface area is 192 Å². The molecule has 1 unspecified atom stereocenters. The SMILES string of the molecule is CC(C(=O)NC1CCCCC1)N(Cc1ccc(Cl)c(Cl)c1)C(=O)Cc1ccccc1F. The molecule has 1 saturated carbocycles. The molecular weight excluding hydrogens is 438 g/mol. The van der Waals surface area contributed by atoms with Crippen molar-refractivity contribution in [2.45, 2.75) is 64.1 Å². The van der Waals surface area contributed by atoms with E-state index in [4.69, 9.17) is 23.2 Å². The molecule has 166 valence electrons. The normalized spacial score (nSPS) is 15.4. The minimum atomic E-state index is -0.712. The molecule has 7 heteroatoms. The van der Waals surface area contributed by atoms with Gasteiger partial charge >= 0.3 is 0 Å². The van der Waals surface area contributed by atoms with Crippen LogP contribution in [0, 0.1) is 5.82 Å². The Morgan fingerprint density at radius 3 is 2.48 bits per heavy atom. The standard InChI is InChI=1S/C24H27Cl2FN2O2/c1-16(24(31)28-19-8-3-2-4-9-19)29(15-17-11-12-20(25)21(26)13-17)23(30)14-18-7-5-6-10-22(18)27/h5-7,10-13,16,19H,2-4,8-9,14-15H2,1H3,(H,28,31). The maximum Gasteiger partial charge on any atom is 0.242 e. The number of benzene rings is 2. The smallest absolute Gasteiger partial charge is 0.242 e. The molecule has 4 nitrogen and oxygen atoms in total. The van der Waals surface area contributed by atoms with Gasteiger partial charge in [-0.2, -0.15) is 0 Å². The molecule has 0 heterocycles. The molecule has 3 rings (SSSR count). The molecule has 2 amide bonds. The van der Waals surface area contributed by atoms with Gasteiger partial charge in [0.1, 0.15) is 11.9 Å². The fourth-order valence-electron chi connectivity index (χ4n) is 3.89. The van der Waals surface area contributed by atoms with Crippen LogP contribution in [0.5, 0.6) is 0 Å². The first-order valence-electron chi connectivity index (χ1n) is 10.6. The summed E-state index contributed by atoms with van der Waals surface area (Å²) in [6, 6.07) is 10.7. The predicted molar refractivity (Wildman–Crippen MR) is 122 cm³/mol. The van der Waals surface area contributed by atoms with E-state index in [1.54, 1.807) is 43.3 Å². The highest BCUT2D eigenvalue weighted by molar-refractivity contribution is 6.42. The fourth-order valence-corrected chi connectivity index (χ4v) is 4.21. The summed E-state index contributed by atoms with van der Waals surface area (Å²) in [6.07, 6.45) is 5.15. The van der Waals surface area contributed by atoms with Crippen molar-refractivity contribution in [2.24, 2.45) is 0 Å². The minimum Gasteiger partial charge on any atom is -0.352 e. The molecule has 0 bridgehead atoms. The molecule has 0 aliphatic heterocycles. The number of carbonyl (C=O) groups excluding carboxylic acids is 2. The first-order chi connectivity index (χ1) is 14.8. The van der Waals surface area contributed by atoms with Crippen LogP contribution in [0.15, 0.2) is 42.5 Å². The maximum absolute atomic E-state index is 14.1. The lowest BCUT2D eigenvalue weighted by Crippen LogP contribution is -2.50. The maximum atomic E-state index is 14.1. The highest BCUT2D eigenvalue weighted by Crippen LogP contribution is 2.24. The Morgan fingerprint density at radius 2 is 1.81 bits per heavy atom. The summed E-state index contributed by atoms with van der Waals surface area (Å²) in [5.74, 6) is -0.971. The molecule has 1 aliphatic carbocycles. The molecular formula is C24H27Cl2FN2O2. The van der Waals surface area contributed by atoms with Gasteiger partial charge in [-0.3, -0.25) is 9.59 Å². The van der Waals surface area contributed by atoms with Gasteiger partial charge < -0.3 is 10.2 Å². The topological polar surface area (TPSA) is 49.4 Å². The van der Waals surface area contributed by atoms with Crippen molar-refractivity contribution in [3.63, 3.8) is 0 Å². The van der Waals surface area contributed by atoms with Gasteiger partial charge in [0, 0.05) is 12.6 Å². The van der Waals surface area contributed by atoms with Crippen molar-refractivity contribution in [2.75, 3.05) is 0 Å². The van der Waals surface area contributed by atoms with E-state index in [9.17, 15) is 14.0 Å². The summed E-state index contributed by atoms with van der Waals surface area (Å²) < 4.78 is 14.1. The van der Waals surface area contributed by atoms with Crippen molar-refractivity contribution >= 4 is 35.0 Å². The van der Waals surface area contributed by atoms with E-state index in [-0.39, 0.29) is 30.8 Å². The van der Waals surface area contributed by atoms with Crippen LogP contribution < -0.4 is 5.32 Å². The fraction of sp³-hybridized carbons (Fsp3) is 0.417. The van der Waals surface area contributed by atoms with E-state index in [2.05, 4.69) is 5.32 Å². The number of nitrogens with one attached hydrogen (secondary N) is 1. The van der Waals surface area contributed by atoms with Crippen LogP contribution in [0.1, 0.15) is 50.2 Å². The van der Waals surface area contributed by atoms with Gasteiger partial charge in [0.25, 0.3) is 0 Å². The van der Waals surface area contributed by atoms with Crippen LogP contribution >= 0.6 is 23.2 Å². The van der Waals surface area contributed by atoms with Gasteiger partial charge in [-0.15, -0.1) is 0 Å². The Bertz CT molecular complexity index is 932. The predicted octanol–water partition coefficient (Wildman–Crippen LogP) is 5.54. The van der Waals surface area contributed by atoms with Gasteiger partial charge in [0.2, 0.25) is 11.8 Å². The molecule has 1 fully saturated rings. The molecule has 1 atom stereocenters. The third-order valence-electron chi connectivity index (χ3n) is 5.76. The molecule has 2 aromatic carbocycles. The van der Waals surface area contributed by atoms with E-state index in [0.29, 0.717) is 15.6 Å². The monoisotopic (exact) mass is 464 g/mol. The van der Waals surface area contributed by atoms with Crippen LogP contribution in [0.25, 0.3) is 0 Å². The summed E-state index contributed by atoms with van der Waals surface area (Å²) in [4.78, 5) is 27.6. The van der Waals surface area contributed by atoms with Gasteiger partial charge in [-0.25, -0.2) is 4.39 Å². The van der Waals surface area contributed by atoms with Crippen LogP contribution in [0.3, 0.4) is 0 Å². The summed E-state index contributed by atoms with van der Waals surface area (Å²) in [5.41, 5.74) is 1.04. The van der Waals surface area contributed by atoms with E-state index < -0.39 is 11.9 Å². The van der Waals surface area contributed by atoms with Crippen molar-refractivity contribution in [1.29, 1.82) is 0 Å². The molecule has 2 aromatic rings. The summed E-state index contributed by atoms with van der Waals surface area (Å²) in [7, 11) is 0. The van der Waals surface area contributed by atoms with Gasteiger partial charge in [0.15, 0.2) is 0 Å². The van der Waals surface area contributed by atoms with Gasteiger partial charge in [0.05, 0.1) is 16.5 Å². The van der Waals surface area contributed by atoms with E-state index in [1.807, 2.05) is 0 Å². The van der Waals surface area contributed by atoms with Crippen LogP contribution in [-0.4, -0.2) is 28.8 Å². The van der Waals surface area contributed by atoms with Crippen molar-refractivity contribution < 1.29 is 14.0 Å². The van der Waals surface area contributed by atoms with Crippen LogP contribution in [-0.2, 0) is 22.6 Å². The van der Waals surface area contributed by atoms with Gasteiger partial charge in [-0.1, -0.05) is 66.7 Å². The first kappa shape index (κ1) is 23.6. The molecule has 0 aromatic heterocycles. The van der Waals surface area contributed by atoms with E-state index >= 15 is 0 Å². The average Bonchev–Trinajstić information content (AvgIpc) is 2.76. The Balaban J connectivity index is 1.79. The third-order valence-corrected chi connectivity index (χ3v) is 6.49. The molecule has 0 spiro atoms. The Morgan fingerprint density at radius 1 is 1.10 bits per heavy atom. The lowest BCUT2D eigenvalue weighted by atomic mass is 9.95. The largest absolute Gasteiger partial charge is 0.352 e. The Hall–Kier alpha value is -2.11. The lowest BCUT2D eigenvalue weighted by molar-refractivity contribution is -0.140. The number of hydrogen-bond donors (Lipinski definition) is 1. The first-order valence-corrected chi connectivity index (χ1v) is 11.4. The zero-order valence-electron chi connectivity index (χ0n) is 17.5. The minimum absolute atomic E-state index is 0.130. The molecule has 1 N–H and O–H groups in total. The zero-order chi connectivity index (χ0) is 22.4. The molecule has 0 saturated heterocycles. The van der Waals surface area contributed by atoms with E-state index in [1.165, 1.54) is 17.4 Å². The number of carbonyl (C=O) groups is 2. The summed E-state index contributed by atoms with van der Waals surface area (Å²) in [5, 5.41) is 3.87. The van der Waals surface area contributed by atoms with Crippen molar-refractivity contribution in [3.05, 3.63) is 69.5 Å². The lowest BCUT2D eigenvalue weighted by Gasteiger charge is -2.31. The van der Waals surface area contributed by atoms with Crippen LogP contribution in [0.2, 0.25) is 10.0 Å². The second-order valence-electron chi connectivity index (χ2n) is 8.06. The number of amides is 2. The van der Waals surface area contributed by atoms with Crippen molar-refractivity contribution in [1.82, 2.24) is 10.2 Å². The second-order valence-corrected chi connectivity index (χ2v) is 8.87. The van der Waals surface area contributed by atoms with Crippen molar-refractivity contribution in [3.8, 4) is 0 Å². The number of rotatable bonds is 7. The zero-order valence-corrected chi connectivity index (χ0v) is 19.1. The third kappa shape index (κ3) is 6.44. The number of hydrogen-bond acceptors (Lipinski definition) is 2. The highest BCUT2D eigenvalue weighted by Gasteiger charge is 2.28. The molecule has 31 heavy (non-hydrogen) atoms. The number of nitrogens with zero attached hydrogens (tertiary/aromatic N) is 1. The van der Waals surface area contributed by atoms with Crippen LogP contribution in [0.4, 0.5) is 4.39 Å². The number of halogens is 3. The quantitative estimate of drug-likeness (QED) is 0.584. The summed E-state index contributed by atoms with van der Waals surface area (Å²) >= 11 is 12.1.